The normalized spacial score (nSPS) is 12.8. The molecule has 0 fully saturated rings. The summed E-state index contributed by atoms with van der Waals surface area (Å²) in [6, 6.07) is 15.9. The van der Waals surface area contributed by atoms with Gasteiger partial charge in [0, 0.05) is 0 Å². The Balaban J connectivity index is 1.90. The zero-order valence-corrected chi connectivity index (χ0v) is 18.1. The molecule has 0 N–H and O–H groups in total. The van der Waals surface area contributed by atoms with Crippen LogP contribution in [-0.2, 0) is 6.42 Å². The molecule has 0 aliphatic rings. The summed E-state index contributed by atoms with van der Waals surface area (Å²) in [7, 11) is 0. The van der Waals surface area contributed by atoms with Crippen LogP contribution in [0.15, 0.2) is 48.5 Å². The molecule has 0 aliphatic heterocycles. The molecule has 146 valence electrons. The molecule has 27 heavy (non-hydrogen) atoms. The molecule has 2 aromatic rings. The van der Waals surface area contributed by atoms with E-state index in [-0.39, 0.29) is 0 Å². The molecule has 1 unspecified atom stereocenters. The van der Waals surface area contributed by atoms with Gasteiger partial charge in [-0.2, -0.15) is 0 Å². The standard InChI is InChI=1S/C27H38/c1-6-9-25-17-14-23(5)20-27(25)26-18-15-24(16-19-26)13-8-12-22(4)11-7-10-21(2)3/h6,9,14-22H,7-8,10-13H2,1-5H3. The van der Waals surface area contributed by atoms with Crippen molar-refractivity contribution in [2.75, 3.05) is 0 Å². The van der Waals surface area contributed by atoms with Gasteiger partial charge in [-0.3, -0.25) is 0 Å². The first-order valence-corrected chi connectivity index (χ1v) is 10.8. The van der Waals surface area contributed by atoms with Crippen LogP contribution >= 0.6 is 0 Å². The highest BCUT2D eigenvalue weighted by atomic mass is 14.1. The van der Waals surface area contributed by atoms with Gasteiger partial charge in [-0.1, -0.05) is 107 Å². The van der Waals surface area contributed by atoms with Crippen LogP contribution in [0, 0.1) is 18.8 Å². The van der Waals surface area contributed by atoms with Crippen molar-refractivity contribution < 1.29 is 0 Å². The molecule has 0 spiro atoms. The van der Waals surface area contributed by atoms with Crippen LogP contribution in [0.4, 0.5) is 0 Å². The molecule has 0 saturated heterocycles. The zero-order valence-electron chi connectivity index (χ0n) is 18.1. The Bertz CT molecular complexity index is 703. The Hall–Kier alpha value is -1.82. The first-order chi connectivity index (χ1) is 13.0. The van der Waals surface area contributed by atoms with Crippen molar-refractivity contribution in [3.05, 3.63) is 65.2 Å². The highest BCUT2D eigenvalue weighted by Crippen LogP contribution is 2.27. The molecule has 2 aromatic carbocycles. The van der Waals surface area contributed by atoms with Crippen LogP contribution in [0.25, 0.3) is 17.2 Å². The first-order valence-electron chi connectivity index (χ1n) is 10.8. The lowest BCUT2D eigenvalue weighted by atomic mass is 9.93. The van der Waals surface area contributed by atoms with Gasteiger partial charge in [0.25, 0.3) is 0 Å². The monoisotopic (exact) mass is 362 g/mol. The average Bonchev–Trinajstić information content (AvgIpc) is 2.64. The predicted molar refractivity (Wildman–Crippen MR) is 122 cm³/mol. The van der Waals surface area contributed by atoms with Crippen LogP contribution in [0.1, 0.15) is 76.5 Å². The van der Waals surface area contributed by atoms with Crippen LogP contribution in [0.3, 0.4) is 0 Å². The molecule has 0 bridgehead atoms. The fraction of sp³-hybridized carbons (Fsp3) is 0.481. The van der Waals surface area contributed by atoms with Gasteiger partial charge in [-0.25, -0.2) is 0 Å². The summed E-state index contributed by atoms with van der Waals surface area (Å²) < 4.78 is 0. The van der Waals surface area contributed by atoms with E-state index in [0.717, 1.165) is 11.8 Å². The van der Waals surface area contributed by atoms with Gasteiger partial charge in [0.15, 0.2) is 0 Å². The molecule has 2 rings (SSSR count). The fourth-order valence-electron chi connectivity index (χ4n) is 3.77. The summed E-state index contributed by atoms with van der Waals surface area (Å²) >= 11 is 0. The Morgan fingerprint density at radius 3 is 2.22 bits per heavy atom. The Morgan fingerprint density at radius 2 is 1.56 bits per heavy atom. The third-order valence-corrected chi connectivity index (χ3v) is 5.46. The number of allylic oxidation sites excluding steroid dienone is 1. The third kappa shape index (κ3) is 7.37. The maximum Gasteiger partial charge on any atom is -0.0109 e. The molecular weight excluding hydrogens is 324 g/mol. The molecule has 0 nitrogen and oxygen atoms in total. The second-order valence-corrected chi connectivity index (χ2v) is 8.61. The molecule has 0 amide bonds. The number of hydrogen-bond donors (Lipinski definition) is 0. The van der Waals surface area contributed by atoms with E-state index in [1.54, 1.807) is 0 Å². The second-order valence-electron chi connectivity index (χ2n) is 8.61. The fourth-order valence-corrected chi connectivity index (χ4v) is 3.77. The minimum absolute atomic E-state index is 0.845. The van der Waals surface area contributed by atoms with Gasteiger partial charge < -0.3 is 0 Å². The van der Waals surface area contributed by atoms with Crippen molar-refractivity contribution in [2.45, 2.75) is 73.1 Å². The van der Waals surface area contributed by atoms with Crippen molar-refractivity contribution in [3.8, 4) is 11.1 Å². The minimum Gasteiger partial charge on any atom is -0.0870 e. The summed E-state index contributed by atoms with van der Waals surface area (Å²) in [6.07, 6.45) is 12.3. The highest BCUT2D eigenvalue weighted by Gasteiger charge is 2.06. The van der Waals surface area contributed by atoms with Gasteiger partial charge in [-0.15, -0.1) is 0 Å². The van der Waals surface area contributed by atoms with E-state index in [2.05, 4.69) is 89.2 Å². The van der Waals surface area contributed by atoms with Gasteiger partial charge in [0.2, 0.25) is 0 Å². The molecular formula is C27H38. The van der Waals surface area contributed by atoms with E-state index in [1.807, 2.05) is 0 Å². The number of rotatable bonds is 10. The van der Waals surface area contributed by atoms with E-state index < -0.39 is 0 Å². The lowest BCUT2D eigenvalue weighted by Gasteiger charge is -2.12. The van der Waals surface area contributed by atoms with Gasteiger partial charge in [0.1, 0.15) is 0 Å². The number of hydrogen-bond acceptors (Lipinski definition) is 0. The summed E-state index contributed by atoms with van der Waals surface area (Å²) in [4.78, 5) is 0. The highest BCUT2D eigenvalue weighted by molar-refractivity contribution is 5.75. The molecule has 0 radical (unpaired) electrons. The second kappa shape index (κ2) is 11.1. The van der Waals surface area contributed by atoms with Crippen LogP contribution < -0.4 is 0 Å². The smallest absolute Gasteiger partial charge is 0.0109 e. The van der Waals surface area contributed by atoms with E-state index in [0.29, 0.717) is 0 Å². The lowest BCUT2D eigenvalue weighted by molar-refractivity contribution is 0.427. The summed E-state index contributed by atoms with van der Waals surface area (Å²) in [5.41, 5.74) is 6.73. The predicted octanol–water partition coefficient (Wildman–Crippen LogP) is 8.48. The Morgan fingerprint density at radius 1 is 0.852 bits per heavy atom. The summed E-state index contributed by atoms with van der Waals surface area (Å²) in [5, 5.41) is 0. The molecule has 0 heterocycles. The van der Waals surface area contributed by atoms with Gasteiger partial charge in [-0.05, 0) is 60.8 Å². The molecule has 0 saturated carbocycles. The Labute approximate surface area is 167 Å². The van der Waals surface area contributed by atoms with Gasteiger partial charge >= 0.3 is 0 Å². The quantitative estimate of drug-likeness (QED) is 0.397. The van der Waals surface area contributed by atoms with Crippen molar-refractivity contribution in [3.63, 3.8) is 0 Å². The third-order valence-electron chi connectivity index (χ3n) is 5.46. The number of benzene rings is 2. The zero-order chi connectivity index (χ0) is 19.6. The maximum absolute atomic E-state index is 2.42. The van der Waals surface area contributed by atoms with Crippen LogP contribution in [0.2, 0.25) is 0 Å². The molecule has 0 aliphatic carbocycles. The first kappa shape index (κ1) is 21.5. The summed E-state index contributed by atoms with van der Waals surface area (Å²) in [6.45, 7) is 11.3. The lowest BCUT2D eigenvalue weighted by Crippen LogP contribution is -1.98. The molecule has 0 heteroatoms. The van der Waals surface area contributed by atoms with Crippen molar-refractivity contribution in [1.82, 2.24) is 0 Å². The summed E-state index contributed by atoms with van der Waals surface area (Å²) in [5.74, 6) is 1.70. The molecule has 1 atom stereocenters. The van der Waals surface area contributed by atoms with E-state index in [4.69, 9.17) is 0 Å². The average molecular weight is 363 g/mol. The van der Waals surface area contributed by atoms with E-state index >= 15 is 0 Å². The van der Waals surface area contributed by atoms with Crippen molar-refractivity contribution >= 4 is 6.08 Å². The minimum atomic E-state index is 0.845. The van der Waals surface area contributed by atoms with E-state index in [9.17, 15) is 0 Å². The van der Waals surface area contributed by atoms with Crippen molar-refractivity contribution in [2.24, 2.45) is 11.8 Å². The topological polar surface area (TPSA) is 0 Å². The largest absolute Gasteiger partial charge is 0.0870 e. The Kier molecular flexibility index (Phi) is 8.85. The SMILES string of the molecule is CC=Cc1ccc(C)cc1-c1ccc(CCCC(C)CCCC(C)C)cc1. The molecule has 0 aromatic heterocycles. The van der Waals surface area contributed by atoms with Crippen LogP contribution in [0.5, 0.6) is 0 Å². The van der Waals surface area contributed by atoms with Crippen LogP contribution in [-0.4, -0.2) is 0 Å². The van der Waals surface area contributed by atoms with Gasteiger partial charge in [0.05, 0.1) is 0 Å². The van der Waals surface area contributed by atoms with E-state index in [1.165, 1.54) is 66.3 Å². The number of aryl methyl sites for hydroxylation is 2. The maximum atomic E-state index is 2.42. The van der Waals surface area contributed by atoms with Crippen molar-refractivity contribution in [1.29, 1.82) is 0 Å².